The zero-order valence-electron chi connectivity index (χ0n) is 9.59. The van der Waals surface area contributed by atoms with Crippen molar-refractivity contribution in [1.82, 2.24) is 0 Å². The first kappa shape index (κ1) is 11.5. The van der Waals surface area contributed by atoms with Gasteiger partial charge < -0.3 is 15.9 Å². The second-order valence-electron chi connectivity index (χ2n) is 4.07. The van der Waals surface area contributed by atoms with Gasteiger partial charge in [-0.25, -0.2) is 0 Å². The van der Waals surface area contributed by atoms with Crippen molar-refractivity contribution in [2.24, 2.45) is 0 Å². The third-order valence-corrected chi connectivity index (χ3v) is 2.85. The molecule has 2 rings (SSSR count). The number of aromatic hydroxyl groups is 1. The van der Waals surface area contributed by atoms with Gasteiger partial charge in [-0.2, -0.15) is 0 Å². The summed E-state index contributed by atoms with van der Waals surface area (Å²) in [6, 6.07) is 12.1. The van der Waals surface area contributed by atoms with Crippen molar-refractivity contribution in [3.63, 3.8) is 0 Å². The maximum absolute atomic E-state index is 10.3. The molecule has 0 saturated carbocycles. The first-order valence-corrected chi connectivity index (χ1v) is 5.41. The summed E-state index contributed by atoms with van der Waals surface area (Å²) >= 11 is 0. The Morgan fingerprint density at radius 2 is 1.76 bits per heavy atom. The highest BCUT2D eigenvalue weighted by atomic mass is 16.3. The molecular formula is C14H15NO2. The van der Waals surface area contributed by atoms with Crippen LogP contribution in [0.1, 0.15) is 22.8 Å². The van der Waals surface area contributed by atoms with Gasteiger partial charge in [0.05, 0.1) is 0 Å². The van der Waals surface area contributed by atoms with E-state index in [4.69, 9.17) is 5.73 Å². The number of phenolic OH excluding ortho intramolecular Hbond substituents is 1. The lowest BCUT2D eigenvalue weighted by atomic mass is 9.96. The number of nitrogen functional groups attached to an aromatic ring is 1. The predicted molar refractivity (Wildman–Crippen MR) is 67.8 cm³/mol. The second-order valence-corrected chi connectivity index (χ2v) is 4.07. The minimum absolute atomic E-state index is 0.0989. The Morgan fingerprint density at radius 1 is 1.06 bits per heavy atom. The molecule has 88 valence electrons. The molecule has 3 nitrogen and oxygen atoms in total. The summed E-state index contributed by atoms with van der Waals surface area (Å²) in [4.78, 5) is 0. The van der Waals surface area contributed by atoms with Crippen LogP contribution in [0.3, 0.4) is 0 Å². The lowest BCUT2D eigenvalue weighted by Gasteiger charge is -2.16. The van der Waals surface area contributed by atoms with Crippen LogP contribution in [0.25, 0.3) is 0 Å². The summed E-state index contributed by atoms with van der Waals surface area (Å²) in [5.41, 5.74) is 8.59. The molecule has 0 aliphatic carbocycles. The molecule has 0 aliphatic rings. The van der Waals surface area contributed by atoms with Crippen LogP contribution in [-0.2, 0) is 0 Å². The molecule has 4 N–H and O–H groups in total. The summed E-state index contributed by atoms with van der Waals surface area (Å²) in [5.74, 6) is 0.0989. The van der Waals surface area contributed by atoms with Crippen LogP contribution in [0.5, 0.6) is 5.75 Å². The lowest BCUT2D eigenvalue weighted by Crippen LogP contribution is -2.05. The van der Waals surface area contributed by atoms with Crippen molar-refractivity contribution in [1.29, 1.82) is 0 Å². The molecular weight excluding hydrogens is 214 g/mol. The van der Waals surface area contributed by atoms with Gasteiger partial charge in [-0.1, -0.05) is 24.3 Å². The van der Waals surface area contributed by atoms with E-state index in [0.717, 1.165) is 11.1 Å². The lowest BCUT2D eigenvalue weighted by molar-refractivity contribution is 0.220. The predicted octanol–water partition coefficient (Wildman–Crippen LogP) is 2.36. The third kappa shape index (κ3) is 2.24. The van der Waals surface area contributed by atoms with Crippen LogP contribution in [0.15, 0.2) is 42.5 Å². The van der Waals surface area contributed by atoms with Gasteiger partial charge in [0, 0.05) is 11.3 Å². The van der Waals surface area contributed by atoms with Gasteiger partial charge in [0.1, 0.15) is 11.9 Å². The number of nitrogens with two attached hydrogens (primary N) is 1. The molecule has 0 amide bonds. The Bertz CT molecular complexity index is 537. The molecule has 0 heterocycles. The average Bonchev–Trinajstić information content (AvgIpc) is 2.32. The Kier molecular flexibility index (Phi) is 3.02. The summed E-state index contributed by atoms with van der Waals surface area (Å²) in [7, 11) is 0. The van der Waals surface area contributed by atoms with Crippen LogP contribution < -0.4 is 5.73 Å². The fraction of sp³-hybridized carbons (Fsp3) is 0.143. The highest BCUT2D eigenvalue weighted by Gasteiger charge is 2.15. The Labute approximate surface area is 100 Å². The zero-order chi connectivity index (χ0) is 12.4. The summed E-state index contributed by atoms with van der Waals surface area (Å²) < 4.78 is 0. The van der Waals surface area contributed by atoms with E-state index in [1.54, 1.807) is 6.07 Å². The normalized spacial score (nSPS) is 12.4. The fourth-order valence-corrected chi connectivity index (χ4v) is 1.86. The molecule has 0 spiro atoms. The van der Waals surface area contributed by atoms with E-state index in [2.05, 4.69) is 0 Å². The van der Waals surface area contributed by atoms with Crippen molar-refractivity contribution in [2.45, 2.75) is 13.0 Å². The number of hydrogen-bond donors (Lipinski definition) is 3. The minimum Gasteiger partial charge on any atom is -0.508 e. The summed E-state index contributed by atoms with van der Waals surface area (Å²) in [5, 5.41) is 19.7. The molecule has 0 radical (unpaired) electrons. The highest BCUT2D eigenvalue weighted by Crippen LogP contribution is 2.30. The molecule has 0 bridgehead atoms. The Balaban J connectivity index is 2.47. The number of aliphatic hydroxyl groups is 1. The molecule has 3 heteroatoms. The van der Waals surface area contributed by atoms with Crippen molar-refractivity contribution in [2.75, 3.05) is 5.73 Å². The summed E-state index contributed by atoms with van der Waals surface area (Å²) in [6.07, 6.45) is -0.816. The van der Waals surface area contributed by atoms with Crippen LogP contribution in [-0.4, -0.2) is 10.2 Å². The average molecular weight is 229 g/mol. The first-order chi connectivity index (χ1) is 8.09. The van der Waals surface area contributed by atoms with E-state index in [-0.39, 0.29) is 5.75 Å². The van der Waals surface area contributed by atoms with Gasteiger partial charge in [-0.15, -0.1) is 0 Å². The zero-order valence-corrected chi connectivity index (χ0v) is 9.59. The SMILES string of the molecule is Cc1ccccc1C(O)c1cc(O)ccc1N. The minimum atomic E-state index is -0.816. The quantitative estimate of drug-likeness (QED) is 0.547. The van der Waals surface area contributed by atoms with Crippen molar-refractivity contribution in [3.05, 3.63) is 59.2 Å². The second kappa shape index (κ2) is 4.47. The van der Waals surface area contributed by atoms with Crippen molar-refractivity contribution in [3.8, 4) is 5.75 Å². The number of aliphatic hydroxyl groups excluding tert-OH is 1. The number of aryl methyl sites for hydroxylation is 1. The number of anilines is 1. The highest BCUT2D eigenvalue weighted by molar-refractivity contribution is 5.54. The smallest absolute Gasteiger partial charge is 0.116 e. The third-order valence-electron chi connectivity index (χ3n) is 2.85. The molecule has 17 heavy (non-hydrogen) atoms. The molecule has 0 aliphatic heterocycles. The van der Waals surface area contributed by atoms with Crippen molar-refractivity contribution >= 4 is 5.69 Å². The van der Waals surface area contributed by atoms with E-state index in [0.29, 0.717) is 11.3 Å². The van der Waals surface area contributed by atoms with E-state index < -0.39 is 6.10 Å². The van der Waals surface area contributed by atoms with Gasteiger partial charge in [0.2, 0.25) is 0 Å². The van der Waals surface area contributed by atoms with Gasteiger partial charge >= 0.3 is 0 Å². The molecule has 2 aromatic carbocycles. The van der Waals surface area contributed by atoms with Gasteiger partial charge in [-0.05, 0) is 36.2 Å². The van der Waals surface area contributed by atoms with E-state index in [9.17, 15) is 10.2 Å². The van der Waals surface area contributed by atoms with E-state index in [1.807, 2.05) is 31.2 Å². The molecule has 0 aromatic heterocycles. The van der Waals surface area contributed by atoms with Crippen LogP contribution in [0.2, 0.25) is 0 Å². The van der Waals surface area contributed by atoms with Crippen LogP contribution >= 0.6 is 0 Å². The van der Waals surface area contributed by atoms with E-state index >= 15 is 0 Å². The topological polar surface area (TPSA) is 66.5 Å². The molecule has 1 unspecified atom stereocenters. The largest absolute Gasteiger partial charge is 0.508 e. The Hall–Kier alpha value is -2.00. The van der Waals surface area contributed by atoms with Gasteiger partial charge in [0.25, 0.3) is 0 Å². The van der Waals surface area contributed by atoms with Crippen molar-refractivity contribution < 1.29 is 10.2 Å². The monoisotopic (exact) mass is 229 g/mol. The fourth-order valence-electron chi connectivity index (χ4n) is 1.86. The number of benzene rings is 2. The van der Waals surface area contributed by atoms with Crippen LogP contribution in [0.4, 0.5) is 5.69 Å². The standard InChI is InChI=1S/C14H15NO2/c1-9-4-2-3-5-11(9)14(17)12-8-10(16)6-7-13(12)15/h2-8,14,16-17H,15H2,1H3. The maximum Gasteiger partial charge on any atom is 0.116 e. The molecule has 2 aromatic rings. The van der Waals surface area contributed by atoms with Crippen LogP contribution in [0, 0.1) is 6.92 Å². The number of phenols is 1. The molecule has 0 fully saturated rings. The van der Waals surface area contributed by atoms with Gasteiger partial charge in [0.15, 0.2) is 0 Å². The first-order valence-electron chi connectivity index (χ1n) is 5.41. The molecule has 1 atom stereocenters. The number of hydrogen-bond acceptors (Lipinski definition) is 3. The number of rotatable bonds is 2. The van der Waals surface area contributed by atoms with E-state index in [1.165, 1.54) is 12.1 Å². The molecule has 0 saturated heterocycles. The maximum atomic E-state index is 10.3. The summed E-state index contributed by atoms with van der Waals surface area (Å²) in [6.45, 7) is 1.93. The van der Waals surface area contributed by atoms with Gasteiger partial charge in [-0.3, -0.25) is 0 Å². The Morgan fingerprint density at radius 3 is 2.47 bits per heavy atom.